The van der Waals surface area contributed by atoms with Gasteiger partial charge in [-0.1, -0.05) is 30.6 Å². The summed E-state index contributed by atoms with van der Waals surface area (Å²) in [4.78, 5) is 28.7. The summed E-state index contributed by atoms with van der Waals surface area (Å²) in [6.45, 7) is 3.71. The van der Waals surface area contributed by atoms with Crippen molar-refractivity contribution in [3.05, 3.63) is 5.01 Å². The molecular formula is C19H29N5O3S. The number of nitrogens with one attached hydrogen (secondary N) is 1. The van der Waals surface area contributed by atoms with Gasteiger partial charge in [0.15, 0.2) is 0 Å². The fourth-order valence-corrected chi connectivity index (χ4v) is 5.19. The van der Waals surface area contributed by atoms with Gasteiger partial charge in [-0.15, -0.1) is 10.2 Å². The van der Waals surface area contributed by atoms with Gasteiger partial charge in [-0.25, -0.2) is 0 Å². The molecule has 154 valence electrons. The van der Waals surface area contributed by atoms with E-state index in [0.717, 1.165) is 17.8 Å². The third-order valence-corrected chi connectivity index (χ3v) is 6.90. The molecule has 1 N–H and O–H groups in total. The molecule has 2 saturated heterocycles. The van der Waals surface area contributed by atoms with E-state index in [0.29, 0.717) is 50.4 Å². The third kappa shape index (κ3) is 4.87. The number of hydrogen-bond acceptors (Lipinski definition) is 7. The molecule has 4 rings (SSSR count). The van der Waals surface area contributed by atoms with Crippen LogP contribution < -0.4 is 5.32 Å². The molecule has 1 unspecified atom stereocenters. The predicted octanol–water partition coefficient (Wildman–Crippen LogP) is 1.85. The van der Waals surface area contributed by atoms with E-state index in [4.69, 9.17) is 4.74 Å². The molecule has 1 aromatic heterocycles. The maximum absolute atomic E-state index is 12.4. The minimum absolute atomic E-state index is 0.0646. The summed E-state index contributed by atoms with van der Waals surface area (Å²) in [6.07, 6.45) is 7.71. The predicted molar refractivity (Wildman–Crippen MR) is 106 cm³/mol. The number of hydrogen-bond donors (Lipinski definition) is 1. The summed E-state index contributed by atoms with van der Waals surface area (Å²) in [5.74, 6) is 0.544. The molecule has 28 heavy (non-hydrogen) atoms. The number of ether oxygens (including phenoxy) is 1. The molecule has 3 fully saturated rings. The lowest BCUT2D eigenvalue weighted by Crippen LogP contribution is -2.52. The molecule has 0 radical (unpaired) electrons. The van der Waals surface area contributed by atoms with Crippen LogP contribution in [0.15, 0.2) is 0 Å². The molecule has 3 aliphatic rings. The fraction of sp³-hybridized carbons (Fsp3) is 0.789. The van der Waals surface area contributed by atoms with Gasteiger partial charge in [0, 0.05) is 38.7 Å². The smallest absolute Gasteiger partial charge is 0.251 e. The van der Waals surface area contributed by atoms with Crippen LogP contribution in [0.5, 0.6) is 0 Å². The number of anilines is 1. The Labute approximate surface area is 169 Å². The Balaban J connectivity index is 1.20. The molecule has 0 bridgehead atoms. The number of carbonyl (C=O) groups excluding carboxylic acids is 2. The molecule has 1 saturated carbocycles. The Morgan fingerprint density at radius 3 is 2.54 bits per heavy atom. The van der Waals surface area contributed by atoms with Gasteiger partial charge in [-0.2, -0.15) is 0 Å². The van der Waals surface area contributed by atoms with Crippen molar-refractivity contribution in [1.82, 2.24) is 20.0 Å². The molecular weight excluding hydrogens is 378 g/mol. The van der Waals surface area contributed by atoms with Gasteiger partial charge in [-0.05, 0) is 25.7 Å². The average molecular weight is 408 g/mol. The van der Waals surface area contributed by atoms with E-state index in [2.05, 4.69) is 20.4 Å². The van der Waals surface area contributed by atoms with E-state index in [1.165, 1.54) is 43.4 Å². The van der Waals surface area contributed by atoms with E-state index in [1.807, 2.05) is 4.90 Å². The fourth-order valence-electron chi connectivity index (χ4n) is 4.26. The molecule has 2 amide bonds. The van der Waals surface area contributed by atoms with Crippen molar-refractivity contribution in [1.29, 1.82) is 0 Å². The topological polar surface area (TPSA) is 87.7 Å². The number of nitrogens with zero attached hydrogens (tertiary/aromatic N) is 4. The van der Waals surface area contributed by atoms with Crippen LogP contribution in [-0.4, -0.2) is 77.2 Å². The lowest BCUT2D eigenvalue weighted by molar-refractivity contribution is -0.142. The molecule has 0 aromatic carbocycles. The van der Waals surface area contributed by atoms with Crippen molar-refractivity contribution in [2.45, 2.75) is 57.0 Å². The zero-order chi connectivity index (χ0) is 19.3. The Bertz CT molecular complexity index is 677. The highest BCUT2D eigenvalue weighted by Gasteiger charge is 2.30. The van der Waals surface area contributed by atoms with Crippen LogP contribution in [0.2, 0.25) is 0 Å². The minimum atomic E-state index is -0.259. The third-order valence-electron chi connectivity index (χ3n) is 5.90. The normalized spacial score (nSPS) is 24.4. The highest BCUT2D eigenvalue weighted by Crippen LogP contribution is 2.35. The first kappa shape index (κ1) is 19.7. The van der Waals surface area contributed by atoms with Gasteiger partial charge in [0.1, 0.15) is 11.1 Å². The Morgan fingerprint density at radius 2 is 1.82 bits per heavy atom. The summed E-state index contributed by atoms with van der Waals surface area (Å²) in [6, 6.07) is 0. The molecule has 3 heterocycles. The second kappa shape index (κ2) is 9.28. The number of aromatic nitrogens is 2. The van der Waals surface area contributed by atoms with Gasteiger partial charge in [0.25, 0.3) is 5.91 Å². The number of piperazine rings is 1. The zero-order valence-electron chi connectivity index (χ0n) is 16.3. The SMILES string of the molecule is O=C(CN1CCN(C(=O)C2CCCO2)CC1)Nc1nnc(C2CCCCC2)s1. The van der Waals surface area contributed by atoms with E-state index in [1.54, 1.807) is 0 Å². The first-order valence-corrected chi connectivity index (χ1v) is 11.3. The number of carbonyl (C=O) groups is 2. The maximum Gasteiger partial charge on any atom is 0.251 e. The minimum Gasteiger partial charge on any atom is -0.368 e. The van der Waals surface area contributed by atoms with Crippen LogP contribution in [0.1, 0.15) is 55.9 Å². The largest absolute Gasteiger partial charge is 0.368 e. The van der Waals surface area contributed by atoms with Crippen LogP contribution in [-0.2, 0) is 14.3 Å². The van der Waals surface area contributed by atoms with E-state index in [-0.39, 0.29) is 17.9 Å². The van der Waals surface area contributed by atoms with E-state index < -0.39 is 0 Å². The second-order valence-corrected chi connectivity index (χ2v) is 8.94. The summed E-state index contributed by atoms with van der Waals surface area (Å²) < 4.78 is 5.49. The van der Waals surface area contributed by atoms with Crippen LogP contribution in [0.3, 0.4) is 0 Å². The van der Waals surface area contributed by atoms with E-state index >= 15 is 0 Å². The molecule has 0 spiro atoms. The standard InChI is InChI=1S/C19H29N5O3S/c25-16(20-19-22-21-17(28-19)14-5-2-1-3-6-14)13-23-8-10-24(11-9-23)18(26)15-7-4-12-27-15/h14-15H,1-13H2,(H,20,22,25). The van der Waals surface area contributed by atoms with Gasteiger partial charge >= 0.3 is 0 Å². The Hall–Kier alpha value is -1.58. The average Bonchev–Trinajstić information content (AvgIpc) is 3.41. The summed E-state index contributed by atoms with van der Waals surface area (Å²) in [5, 5.41) is 13.0. The van der Waals surface area contributed by atoms with Gasteiger partial charge < -0.3 is 9.64 Å². The van der Waals surface area contributed by atoms with Crippen molar-refractivity contribution in [3.8, 4) is 0 Å². The highest BCUT2D eigenvalue weighted by atomic mass is 32.1. The second-order valence-electron chi connectivity index (χ2n) is 7.93. The van der Waals surface area contributed by atoms with Crippen LogP contribution in [0.4, 0.5) is 5.13 Å². The van der Waals surface area contributed by atoms with Crippen molar-refractivity contribution in [2.24, 2.45) is 0 Å². The summed E-state index contributed by atoms with van der Waals surface area (Å²) >= 11 is 1.51. The Morgan fingerprint density at radius 1 is 1.04 bits per heavy atom. The lowest BCUT2D eigenvalue weighted by Gasteiger charge is -2.35. The molecule has 1 aliphatic carbocycles. The van der Waals surface area contributed by atoms with Crippen molar-refractivity contribution in [2.75, 3.05) is 44.6 Å². The quantitative estimate of drug-likeness (QED) is 0.801. The van der Waals surface area contributed by atoms with Crippen LogP contribution >= 0.6 is 11.3 Å². The maximum atomic E-state index is 12.4. The lowest BCUT2D eigenvalue weighted by atomic mass is 9.90. The van der Waals surface area contributed by atoms with Gasteiger partial charge in [-0.3, -0.25) is 19.8 Å². The van der Waals surface area contributed by atoms with Crippen LogP contribution in [0.25, 0.3) is 0 Å². The molecule has 2 aliphatic heterocycles. The first-order chi connectivity index (χ1) is 13.7. The van der Waals surface area contributed by atoms with Gasteiger partial charge in [0.2, 0.25) is 11.0 Å². The van der Waals surface area contributed by atoms with Gasteiger partial charge in [0.05, 0.1) is 6.54 Å². The molecule has 8 nitrogen and oxygen atoms in total. The van der Waals surface area contributed by atoms with E-state index in [9.17, 15) is 9.59 Å². The zero-order valence-corrected chi connectivity index (χ0v) is 17.1. The summed E-state index contributed by atoms with van der Waals surface area (Å²) in [7, 11) is 0. The number of amides is 2. The first-order valence-electron chi connectivity index (χ1n) is 10.4. The monoisotopic (exact) mass is 407 g/mol. The van der Waals surface area contributed by atoms with Crippen LogP contribution in [0, 0.1) is 0 Å². The molecule has 1 atom stereocenters. The Kier molecular flexibility index (Phi) is 6.54. The van der Waals surface area contributed by atoms with Crippen molar-refractivity contribution in [3.63, 3.8) is 0 Å². The molecule has 9 heteroatoms. The molecule has 1 aromatic rings. The highest BCUT2D eigenvalue weighted by molar-refractivity contribution is 7.15. The summed E-state index contributed by atoms with van der Waals surface area (Å²) in [5.41, 5.74) is 0. The van der Waals surface area contributed by atoms with Crippen molar-refractivity contribution < 1.29 is 14.3 Å². The van der Waals surface area contributed by atoms with Crippen molar-refractivity contribution >= 4 is 28.3 Å². The number of rotatable bonds is 5.